The lowest BCUT2D eigenvalue weighted by Gasteiger charge is -2.07. The predicted octanol–water partition coefficient (Wildman–Crippen LogP) is 1.25. The number of hydrogen-bond acceptors (Lipinski definition) is 5. The Kier molecular flexibility index (Phi) is 2.98. The minimum atomic E-state index is -4.00. The second kappa shape index (κ2) is 4.70. The van der Waals surface area contributed by atoms with Crippen molar-refractivity contribution in [2.75, 3.05) is 10.5 Å². The highest BCUT2D eigenvalue weighted by Crippen LogP contribution is 2.22. The van der Waals surface area contributed by atoms with Crippen molar-refractivity contribution in [3.8, 4) is 0 Å². The maximum absolute atomic E-state index is 12.8. The van der Waals surface area contributed by atoms with Gasteiger partial charge in [0, 0.05) is 6.20 Å². The zero-order valence-electron chi connectivity index (χ0n) is 10.6. The summed E-state index contributed by atoms with van der Waals surface area (Å²) < 4.78 is 41.2. The van der Waals surface area contributed by atoms with Gasteiger partial charge in [-0.05, 0) is 24.3 Å². The summed E-state index contributed by atoms with van der Waals surface area (Å²) in [6, 6.07) is 7.32. The zero-order valence-corrected chi connectivity index (χ0v) is 11.4. The van der Waals surface area contributed by atoms with E-state index in [-0.39, 0.29) is 16.7 Å². The van der Waals surface area contributed by atoms with Crippen molar-refractivity contribution in [2.45, 2.75) is 5.03 Å². The number of nitrogens with one attached hydrogen (secondary N) is 1. The molecule has 0 spiro atoms. The Morgan fingerprint density at radius 2 is 2.05 bits per heavy atom. The molecule has 0 atom stereocenters. The molecule has 3 N–H and O–H groups in total. The Balaban J connectivity index is 2.08. The van der Waals surface area contributed by atoms with E-state index in [1.54, 1.807) is 18.2 Å². The summed E-state index contributed by atoms with van der Waals surface area (Å²) in [6.45, 7) is 0. The summed E-state index contributed by atoms with van der Waals surface area (Å²) in [5.41, 5.74) is 6.09. The topological polar surface area (TPSA) is 102 Å². The highest BCUT2D eigenvalue weighted by molar-refractivity contribution is 7.92. The van der Waals surface area contributed by atoms with Crippen LogP contribution < -0.4 is 10.5 Å². The lowest BCUT2D eigenvalue weighted by atomic mass is 10.5. The van der Waals surface area contributed by atoms with Crippen molar-refractivity contribution in [1.29, 1.82) is 0 Å². The maximum Gasteiger partial charge on any atom is 0.282 e. The standard InChI is InChI=1S/C12H10FN5O2S/c13-8-4-5-9(15-7-8)17-21(19,20)12-11(14)16-10-3-1-2-6-18(10)12/h1-7H,14H2,(H,15,17). The molecule has 7 nitrogen and oxygen atoms in total. The van der Waals surface area contributed by atoms with E-state index in [0.29, 0.717) is 5.65 Å². The molecule has 0 amide bonds. The summed E-state index contributed by atoms with van der Waals surface area (Å²) >= 11 is 0. The molecule has 0 unspecified atom stereocenters. The number of sulfonamides is 1. The van der Waals surface area contributed by atoms with Gasteiger partial charge >= 0.3 is 0 Å². The van der Waals surface area contributed by atoms with Crippen LogP contribution in [0.25, 0.3) is 5.65 Å². The fourth-order valence-corrected chi connectivity index (χ4v) is 3.11. The summed E-state index contributed by atoms with van der Waals surface area (Å²) in [5.74, 6) is -0.704. The SMILES string of the molecule is Nc1nc2ccccn2c1S(=O)(=O)Nc1ccc(F)cn1. The number of nitrogens with two attached hydrogens (primary N) is 1. The zero-order chi connectivity index (χ0) is 15.0. The monoisotopic (exact) mass is 307 g/mol. The number of nitrogens with zero attached hydrogens (tertiary/aromatic N) is 3. The maximum atomic E-state index is 12.8. The molecule has 3 aromatic rings. The quantitative estimate of drug-likeness (QED) is 0.758. The summed E-state index contributed by atoms with van der Waals surface area (Å²) in [6.07, 6.45) is 2.45. The molecule has 21 heavy (non-hydrogen) atoms. The van der Waals surface area contributed by atoms with Crippen LogP contribution in [0.3, 0.4) is 0 Å². The van der Waals surface area contributed by atoms with E-state index in [4.69, 9.17) is 5.73 Å². The fraction of sp³-hybridized carbons (Fsp3) is 0. The van der Waals surface area contributed by atoms with Gasteiger partial charge in [0.25, 0.3) is 10.0 Å². The van der Waals surface area contributed by atoms with E-state index >= 15 is 0 Å². The minimum Gasteiger partial charge on any atom is -0.381 e. The molecular formula is C12H10FN5O2S. The minimum absolute atomic E-state index is 0.0123. The molecule has 3 rings (SSSR count). The number of imidazole rings is 1. The van der Waals surface area contributed by atoms with Crippen molar-refractivity contribution in [2.24, 2.45) is 0 Å². The molecule has 0 radical (unpaired) electrons. The first kappa shape index (κ1) is 13.3. The number of halogens is 1. The van der Waals surface area contributed by atoms with Gasteiger partial charge in [-0.1, -0.05) is 6.07 Å². The number of rotatable bonds is 3. The Morgan fingerprint density at radius 1 is 1.24 bits per heavy atom. The van der Waals surface area contributed by atoms with Crippen LogP contribution in [-0.4, -0.2) is 22.8 Å². The van der Waals surface area contributed by atoms with Crippen LogP contribution >= 0.6 is 0 Å². The second-order valence-corrected chi connectivity index (χ2v) is 5.80. The Labute approximate surface area is 119 Å². The van der Waals surface area contributed by atoms with Gasteiger partial charge in [-0.2, -0.15) is 8.42 Å². The highest BCUT2D eigenvalue weighted by Gasteiger charge is 2.24. The molecule has 0 aliphatic carbocycles. The average Bonchev–Trinajstić information content (AvgIpc) is 2.77. The third kappa shape index (κ3) is 2.38. The van der Waals surface area contributed by atoms with Crippen molar-refractivity contribution in [3.63, 3.8) is 0 Å². The highest BCUT2D eigenvalue weighted by atomic mass is 32.2. The molecule has 0 saturated heterocycles. The molecule has 0 fully saturated rings. The van der Waals surface area contributed by atoms with E-state index < -0.39 is 15.8 Å². The van der Waals surface area contributed by atoms with Gasteiger partial charge in [-0.3, -0.25) is 9.12 Å². The van der Waals surface area contributed by atoms with Crippen molar-refractivity contribution < 1.29 is 12.8 Å². The van der Waals surface area contributed by atoms with Gasteiger partial charge in [0.15, 0.2) is 5.82 Å². The van der Waals surface area contributed by atoms with E-state index in [1.165, 1.54) is 16.7 Å². The normalized spacial score (nSPS) is 11.7. The average molecular weight is 307 g/mol. The molecular weight excluding hydrogens is 297 g/mol. The molecule has 3 heterocycles. The predicted molar refractivity (Wildman–Crippen MR) is 74.6 cm³/mol. The van der Waals surface area contributed by atoms with E-state index in [1.807, 2.05) is 0 Å². The number of fused-ring (bicyclic) bond motifs is 1. The number of aromatic nitrogens is 3. The summed E-state index contributed by atoms with van der Waals surface area (Å²) in [4.78, 5) is 7.62. The Hall–Kier alpha value is -2.68. The molecule has 3 aromatic heterocycles. The van der Waals surface area contributed by atoms with Crippen LogP contribution in [-0.2, 0) is 10.0 Å². The molecule has 0 aliphatic heterocycles. The number of hydrogen-bond donors (Lipinski definition) is 2. The van der Waals surface area contributed by atoms with Crippen molar-refractivity contribution in [3.05, 3.63) is 48.5 Å². The number of nitrogen functional groups attached to an aromatic ring is 1. The Bertz CT molecular complexity index is 905. The van der Waals surface area contributed by atoms with Gasteiger partial charge in [0.1, 0.15) is 17.3 Å². The van der Waals surface area contributed by atoms with Gasteiger partial charge in [-0.15, -0.1) is 0 Å². The van der Waals surface area contributed by atoms with Crippen LogP contribution in [0.1, 0.15) is 0 Å². The van der Waals surface area contributed by atoms with Gasteiger partial charge in [-0.25, -0.2) is 14.4 Å². The molecule has 9 heteroatoms. The number of anilines is 2. The second-order valence-electron chi connectivity index (χ2n) is 4.20. The van der Waals surface area contributed by atoms with E-state index in [2.05, 4.69) is 14.7 Å². The lowest BCUT2D eigenvalue weighted by molar-refractivity contribution is 0.596. The van der Waals surface area contributed by atoms with Crippen molar-refractivity contribution >= 4 is 27.3 Å². The summed E-state index contributed by atoms with van der Waals surface area (Å²) in [5, 5.41) is -0.191. The fourth-order valence-electron chi connectivity index (χ4n) is 1.88. The molecule has 0 bridgehead atoms. The van der Waals surface area contributed by atoms with Crippen LogP contribution in [0, 0.1) is 5.82 Å². The van der Waals surface area contributed by atoms with Gasteiger partial charge in [0.05, 0.1) is 6.20 Å². The first-order valence-electron chi connectivity index (χ1n) is 5.84. The van der Waals surface area contributed by atoms with Gasteiger partial charge < -0.3 is 5.73 Å². The first-order chi connectivity index (χ1) is 9.97. The third-order valence-corrected chi connectivity index (χ3v) is 4.12. The molecule has 0 aliphatic rings. The van der Waals surface area contributed by atoms with Crippen LogP contribution in [0.5, 0.6) is 0 Å². The van der Waals surface area contributed by atoms with Crippen molar-refractivity contribution in [1.82, 2.24) is 14.4 Å². The number of pyridine rings is 2. The Morgan fingerprint density at radius 3 is 2.76 bits per heavy atom. The lowest BCUT2D eigenvalue weighted by Crippen LogP contribution is -2.17. The third-order valence-electron chi connectivity index (χ3n) is 2.73. The van der Waals surface area contributed by atoms with Crippen LogP contribution in [0.15, 0.2) is 47.8 Å². The molecule has 0 aromatic carbocycles. The molecule has 0 saturated carbocycles. The smallest absolute Gasteiger partial charge is 0.282 e. The first-order valence-corrected chi connectivity index (χ1v) is 7.32. The molecule has 108 valence electrons. The van der Waals surface area contributed by atoms with E-state index in [0.717, 1.165) is 12.3 Å². The largest absolute Gasteiger partial charge is 0.381 e. The van der Waals surface area contributed by atoms with Crippen LogP contribution in [0.4, 0.5) is 16.0 Å². The summed E-state index contributed by atoms with van der Waals surface area (Å²) in [7, 11) is -4.00. The van der Waals surface area contributed by atoms with Crippen LogP contribution in [0.2, 0.25) is 0 Å². The van der Waals surface area contributed by atoms with E-state index in [9.17, 15) is 12.8 Å². The van der Waals surface area contributed by atoms with Gasteiger partial charge in [0.2, 0.25) is 5.03 Å².